The molecule has 1 fully saturated rings. The third-order valence-corrected chi connectivity index (χ3v) is 2.45. The van der Waals surface area contributed by atoms with Crippen LogP contribution in [0.1, 0.15) is 17.9 Å². The van der Waals surface area contributed by atoms with Crippen LogP contribution in [0.25, 0.3) is 0 Å². The second kappa shape index (κ2) is 2.92. The molecular formula is C9H11BO2. The Morgan fingerprint density at radius 2 is 1.83 bits per heavy atom. The summed E-state index contributed by atoms with van der Waals surface area (Å²) in [4.78, 5) is 0. The zero-order valence-electron chi connectivity index (χ0n) is 6.72. The van der Waals surface area contributed by atoms with E-state index >= 15 is 0 Å². The molecule has 0 radical (unpaired) electrons. The molecule has 2 N–H and O–H groups in total. The van der Waals surface area contributed by atoms with Crippen LogP contribution in [0.2, 0.25) is 5.82 Å². The summed E-state index contributed by atoms with van der Waals surface area (Å²) in [7, 11) is -1.14. The summed E-state index contributed by atoms with van der Waals surface area (Å²) in [5.41, 5.74) is 1.22. The van der Waals surface area contributed by atoms with Crippen molar-refractivity contribution >= 4 is 7.12 Å². The van der Waals surface area contributed by atoms with E-state index in [1.165, 1.54) is 5.56 Å². The van der Waals surface area contributed by atoms with Crippen LogP contribution in [0.15, 0.2) is 30.3 Å². The molecule has 2 atom stereocenters. The van der Waals surface area contributed by atoms with Gasteiger partial charge in [0.2, 0.25) is 0 Å². The molecule has 2 rings (SSSR count). The number of benzene rings is 1. The van der Waals surface area contributed by atoms with Gasteiger partial charge in [-0.3, -0.25) is 0 Å². The normalized spacial score (nSPS) is 26.8. The molecule has 3 heteroatoms. The molecular weight excluding hydrogens is 151 g/mol. The SMILES string of the molecule is OB(O)[C@@H]1C[C@H]1c1ccccc1. The van der Waals surface area contributed by atoms with Crippen molar-refractivity contribution in [3.8, 4) is 0 Å². The standard InChI is InChI=1S/C9H11BO2/c11-10(12)9-6-8(9)7-4-2-1-3-5-7/h1-5,8-9,11-12H,6H2/t8-,9+/m0/s1. The van der Waals surface area contributed by atoms with E-state index in [1.54, 1.807) is 0 Å². The molecule has 12 heavy (non-hydrogen) atoms. The lowest BCUT2D eigenvalue weighted by atomic mass is 9.81. The van der Waals surface area contributed by atoms with E-state index in [0.29, 0.717) is 5.92 Å². The molecule has 0 bridgehead atoms. The van der Waals surface area contributed by atoms with Gasteiger partial charge in [-0.25, -0.2) is 0 Å². The van der Waals surface area contributed by atoms with E-state index in [0.717, 1.165) is 6.42 Å². The minimum absolute atomic E-state index is 0.0624. The van der Waals surface area contributed by atoms with Crippen molar-refractivity contribution in [1.29, 1.82) is 0 Å². The van der Waals surface area contributed by atoms with Gasteiger partial charge in [-0.1, -0.05) is 30.3 Å². The maximum atomic E-state index is 8.88. The highest BCUT2D eigenvalue weighted by molar-refractivity contribution is 6.44. The summed E-state index contributed by atoms with van der Waals surface area (Å²) in [5, 5.41) is 17.8. The molecule has 0 unspecified atom stereocenters. The van der Waals surface area contributed by atoms with Crippen molar-refractivity contribution in [2.75, 3.05) is 0 Å². The van der Waals surface area contributed by atoms with Crippen LogP contribution in [0.3, 0.4) is 0 Å². The Morgan fingerprint density at radius 1 is 1.17 bits per heavy atom. The number of hydrogen-bond acceptors (Lipinski definition) is 2. The van der Waals surface area contributed by atoms with Crippen molar-refractivity contribution in [3.63, 3.8) is 0 Å². The van der Waals surface area contributed by atoms with Gasteiger partial charge in [-0.05, 0) is 17.9 Å². The predicted molar refractivity (Wildman–Crippen MR) is 47.7 cm³/mol. The fraction of sp³-hybridized carbons (Fsp3) is 0.333. The molecule has 0 heterocycles. The summed E-state index contributed by atoms with van der Waals surface area (Å²) in [6, 6.07) is 10.00. The van der Waals surface area contributed by atoms with E-state index in [-0.39, 0.29) is 5.82 Å². The van der Waals surface area contributed by atoms with Gasteiger partial charge in [0.15, 0.2) is 0 Å². The molecule has 2 nitrogen and oxygen atoms in total. The highest BCUT2D eigenvalue weighted by atomic mass is 16.4. The maximum absolute atomic E-state index is 8.88. The number of rotatable bonds is 2. The average molecular weight is 162 g/mol. The summed E-state index contributed by atoms with van der Waals surface area (Å²) < 4.78 is 0. The molecule has 1 aromatic rings. The smallest absolute Gasteiger partial charge is 0.427 e. The van der Waals surface area contributed by atoms with Gasteiger partial charge in [0.25, 0.3) is 0 Å². The van der Waals surface area contributed by atoms with Gasteiger partial charge in [-0.2, -0.15) is 0 Å². The van der Waals surface area contributed by atoms with E-state index in [2.05, 4.69) is 0 Å². The summed E-state index contributed by atoms with van der Waals surface area (Å²) >= 11 is 0. The number of hydrogen-bond donors (Lipinski definition) is 2. The zero-order chi connectivity index (χ0) is 8.55. The fourth-order valence-corrected chi connectivity index (χ4v) is 1.63. The molecule has 1 aromatic carbocycles. The topological polar surface area (TPSA) is 40.5 Å². The van der Waals surface area contributed by atoms with Crippen LogP contribution < -0.4 is 0 Å². The van der Waals surface area contributed by atoms with E-state index in [4.69, 9.17) is 10.0 Å². The first kappa shape index (κ1) is 7.83. The summed E-state index contributed by atoms with van der Waals surface area (Å²) in [6.07, 6.45) is 0.904. The van der Waals surface area contributed by atoms with Gasteiger partial charge in [0, 0.05) is 5.82 Å². The lowest BCUT2D eigenvalue weighted by Gasteiger charge is -1.98. The van der Waals surface area contributed by atoms with Gasteiger partial charge in [0.1, 0.15) is 0 Å². The van der Waals surface area contributed by atoms with E-state index in [1.807, 2.05) is 30.3 Å². The molecule has 0 spiro atoms. The first-order valence-electron chi connectivity index (χ1n) is 4.20. The Morgan fingerprint density at radius 3 is 2.33 bits per heavy atom. The summed E-state index contributed by atoms with van der Waals surface area (Å²) in [5.74, 6) is 0.429. The van der Waals surface area contributed by atoms with Crippen molar-refractivity contribution in [1.82, 2.24) is 0 Å². The molecule has 1 saturated carbocycles. The predicted octanol–water partition coefficient (Wildman–Crippen LogP) is 1.02. The molecule has 0 amide bonds. The minimum Gasteiger partial charge on any atom is -0.427 e. The summed E-state index contributed by atoms with van der Waals surface area (Å²) in [6.45, 7) is 0. The van der Waals surface area contributed by atoms with Crippen LogP contribution in [-0.2, 0) is 0 Å². The van der Waals surface area contributed by atoms with Gasteiger partial charge >= 0.3 is 7.12 Å². The van der Waals surface area contributed by atoms with Crippen LogP contribution in [0.4, 0.5) is 0 Å². The molecule has 62 valence electrons. The van der Waals surface area contributed by atoms with Crippen molar-refractivity contribution in [3.05, 3.63) is 35.9 Å². The zero-order valence-corrected chi connectivity index (χ0v) is 6.72. The fourth-order valence-electron chi connectivity index (χ4n) is 1.63. The highest BCUT2D eigenvalue weighted by Gasteiger charge is 2.45. The first-order valence-corrected chi connectivity index (χ1v) is 4.20. The van der Waals surface area contributed by atoms with Gasteiger partial charge in [-0.15, -0.1) is 0 Å². The monoisotopic (exact) mass is 162 g/mol. The minimum atomic E-state index is -1.14. The Bertz CT molecular complexity index is 260. The van der Waals surface area contributed by atoms with Crippen LogP contribution in [0.5, 0.6) is 0 Å². The Kier molecular flexibility index (Phi) is 1.91. The van der Waals surface area contributed by atoms with Crippen LogP contribution in [0, 0.1) is 0 Å². The van der Waals surface area contributed by atoms with Crippen LogP contribution in [-0.4, -0.2) is 17.2 Å². The van der Waals surface area contributed by atoms with Gasteiger partial charge < -0.3 is 10.0 Å². The average Bonchev–Trinajstić information content (AvgIpc) is 2.84. The second-order valence-electron chi connectivity index (χ2n) is 3.33. The van der Waals surface area contributed by atoms with Crippen LogP contribution >= 0.6 is 0 Å². The molecule has 1 aliphatic rings. The van der Waals surface area contributed by atoms with Crippen molar-refractivity contribution in [2.24, 2.45) is 0 Å². The Labute approximate surface area is 72.0 Å². The van der Waals surface area contributed by atoms with E-state index in [9.17, 15) is 0 Å². The highest BCUT2D eigenvalue weighted by Crippen LogP contribution is 2.53. The largest absolute Gasteiger partial charge is 0.455 e. The Hall–Kier alpha value is -0.795. The molecule has 0 aromatic heterocycles. The lowest BCUT2D eigenvalue weighted by molar-refractivity contribution is 0.402. The first-order chi connectivity index (χ1) is 5.79. The van der Waals surface area contributed by atoms with Gasteiger partial charge in [0.05, 0.1) is 0 Å². The third-order valence-electron chi connectivity index (χ3n) is 2.45. The van der Waals surface area contributed by atoms with Crippen molar-refractivity contribution in [2.45, 2.75) is 18.2 Å². The van der Waals surface area contributed by atoms with E-state index < -0.39 is 7.12 Å². The quantitative estimate of drug-likeness (QED) is 0.637. The maximum Gasteiger partial charge on any atom is 0.455 e. The molecule has 0 aliphatic heterocycles. The third kappa shape index (κ3) is 1.38. The second-order valence-corrected chi connectivity index (χ2v) is 3.33. The van der Waals surface area contributed by atoms with Crippen molar-refractivity contribution < 1.29 is 10.0 Å². The molecule has 0 saturated heterocycles. The Balaban J connectivity index is 2.06. The lowest BCUT2D eigenvalue weighted by Crippen LogP contribution is -2.10. The molecule has 1 aliphatic carbocycles.